The molecule has 2 atom stereocenters. The van der Waals surface area contributed by atoms with Gasteiger partial charge >= 0.3 is 0 Å². The molecular formula is C13H22N2S. The Balaban J connectivity index is 1.78. The summed E-state index contributed by atoms with van der Waals surface area (Å²) in [6.07, 6.45) is 4.11. The van der Waals surface area contributed by atoms with Crippen LogP contribution in [0.5, 0.6) is 0 Å². The molecule has 1 aromatic rings. The van der Waals surface area contributed by atoms with Gasteiger partial charge in [0.15, 0.2) is 0 Å². The quantitative estimate of drug-likeness (QED) is 0.867. The SMILES string of the molecule is CC(NCC1CCCCN1C)c1ccsc1. The van der Waals surface area contributed by atoms with Gasteiger partial charge in [-0.25, -0.2) is 0 Å². The van der Waals surface area contributed by atoms with Gasteiger partial charge in [0, 0.05) is 18.6 Å². The maximum absolute atomic E-state index is 3.65. The summed E-state index contributed by atoms with van der Waals surface area (Å²) in [5, 5.41) is 8.04. The van der Waals surface area contributed by atoms with Crippen LogP contribution < -0.4 is 5.32 Å². The highest BCUT2D eigenvalue weighted by Gasteiger charge is 2.19. The lowest BCUT2D eigenvalue weighted by Crippen LogP contribution is -2.43. The Hall–Kier alpha value is -0.380. The van der Waals surface area contributed by atoms with E-state index in [-0.39, 0.29) is 0 Å². The van der Waals surface area contributed by atoms with Crippen LogP contribution in [0.2, 0.25) is 0 Å². The number of hydrogen-bond acceptors (Lipinski definition) is 3. The van der Waals surface area contributed by atoms with Gasteiger partial charge in [-0.3, -0.25) is 0 Å². The molecule has 0 aromatic carbocycles. The number of rotatable bonds is 4. The second kappa shape index (κ2) is 5.80. The molecule has 2 unspecified atom stereocenters. The van der Waals surface area contributed by atoms with Gasteiger partial charge < -0.3 is 10.2 Å². The fourth-order valence-electron chi connectivity index (χ4n) is 2.35. The molecule has 1 aliphatic heterocycles. The number of hydrogen-bond donors (Lipinski definition) is 1. The predicted octanol–water partition coefficient (Wildman–Crippen LogP) is 2.88. The van der Waals surface area contributed by atoms with Crippen molar-refractivity contribution in [2.45, 2.75) is 38.3 Å². The Morgan fingerprint density at radius 2 is 2.44 bits per heavy atom. The van der Waals surface area contributed by atoms with Crippen LogP contribution in [-0.2, 0) is 0 Å². The van der Waals surface area contributed by atoms with Crippen LogP contribution in [0, 0.1) is 0 Å². The number of likely N-dealkylation sites (tertiary alicyclic amines) is 1. The third-order valence-corrected chi connectivity index (χ3v) is 4.33. The summed E-state index contributed by atoms with van der Waals surface area (Å²) in [6, 6.07) is 3.43. The average Bonchev–Trinajstić information content (AvgIpc) is 2.81. The average molecular weight is 238 g/mol. The van der Waals surface area contributed by atoms with E-state index in [0.717, 1.165) is 12.6 Å². The van der Waals surface area contributed by atoms with E-state index in [1.54, 1.807) is 11.3 Å². The normalized spacial score (nSPS) is 24.5. The molecule has 0 aliphatic carbocycles. The largest absolute Gasteiger partial charge is 0.309 e. The van der Waals surface area contributed by atoms with Gasteiger partial charge in [0.05, 0.1) is 0 Å². The second-order valence-electron chi connectivity index (χ2n) is 4.82. The van der Waals surface area contributed by atoms with E-state index >= 15 is 0 Å². The maximum Gasteiger partial charge on any atom is 0.0300 e. The summed E-state index contributed by atoms with van der Waals surface area (Å²) in [5.74, 6) is 0. The Kier molecular flexibility index (Phi) is 4.38. The fraction of sp³-hybridized carbons (Fsp3) is 0.692. The molecule has 2 nitrogen and oxygen atoms in total. The predicted molar refractivity (Wildman–Crippen MR) is 71.0 cm³/mol. The summed E-state index contributed by atoms with van der Waals surface area (Å²) in [5.41, 5.74) is 1.42. The van der Waals surface area contributed by atoms with Crippen LogP contribution in [-0.4, -0.2) is 31.1 Å². The Morgan fingerprint density at radius 1 is 1.56 bits per heavy atom. The van der Waals surface area contributed by atoms with Crippen LogP contribution >= 0.6 is 11.3 Å². The molecule has 1 saturated heterocycles. The zero-order valence-electron chi connectivity index (χ0n) is 10.3. The monoisotopic (exact) mass is 238 g/mol. The molecule has 3 heteroatoms. The van der Waals surface area contributed by atoms with Crippen molar-refractivity contribution in [3.05, 3.63) is 22.4 Å². The molecule has 0 spiro atoms. The molecule has 0 bridgehead atoms. The molecule has 2 rings (SSSR count). The zero-order chi connectivity index (χ0) is 11.4. The van der Waals surface area contributed by atoms with Crippen molar-refractivity contribution >= 4 is 11.3 Å². The first-order valence-electron chi connectivity index (χ1n) is 6.23. The molecule has 1 fully saturated rings. The summed E-state index contributed by atoms with van der Waals surface area (Å²) in [7, 11) is 2.25. The van der Waals surface area contributed by atoms with Crippen molar-refractivity contribution in [1.29, 1.82) is 0 Å². The number of thiophene rings is 1. The molecule has 2 heterocycles. The van der Waals surface area contributed by atoms with E-state index in [1.165, 1.54) is 31.4 Å². The highest BCUT2D eigenvalue weighted by Crippen LogP contribution is 2.18. The number of piperidine rings is 1. The fourth-order valence-corrected chi connectivity index (χ4v) is 3.11. The van der Waals surface area contributed by atoms with Crippen LogP contribution in [0.4, 0.5) is 0 Å². The van der Waals surface area contributed by atoms with Crippen LogP contribution in [0.15, 0.2) is 16.8 Å². The lowest BCUT2D eigenvalue weighted by molar-refractivity contribution is 0.178. The van der Waals surface area contributed by atoms with Crippen LogP contribution in [0.25, 0.3) is 0 Å². The maximum atomic E-state index is 3.65. The number of nitrogens with one attached hydrogen (secondary N) is 1. The number of nitrogens with zero attached hydrogens (tertiary/aromatic N) is 1. The topological polar surface area (TPSA) is 15.3 Å². The molecule has 0 radical (unpaired) electrons. The molecule has 1 aliphatic rings. The van der Waals surface area contributed by atoms with Crippen molar-refractivity contribution in [2.24, 2.45) is 0 Å². The van der Waals surface area contributed by atoms with E-state index in [2.05, 4.69) is 41.0 Å². The van der Waals surface area contributed by atoms with E-state index in [1.807, 2.05) is 0 Å². The summed E-state index contributed by atoms with van der Waals surface area (Å²) >= 11 is 1.78. The lowest BCUT2D eigenvalue weighted by atomic mass is 10.0. The standard InChI is InChI=1S/C13H22N2S/c1-11(12-6-8-16-10-12)14-9-13-5-3-4-7-15(13)2/h6,8,10-11,13-14H,3-5,7,9H2,1-2H3. The van der Waals surface area contributed by atoms with E-state index in [0.29, 0.717) is 6.04 Å². The van der Waals surface area contributed by atoms with Gasteiger partial charge in [0.25, 0.3) is 0 Å². The highest BCUT2D eigenvalue weighted by molar-refractivity contribution is 7.07. The summed E-state index contributed by atoms with van der Waals surface area (Å²) < 4.78 is 0. The Morgan fingerprint density at radius 3 is 3.12 bits per heavy atom. The molecule has 16 heavy (non-hydrogen) atoms. The van der Waals surface area contributed by atoms with Crippen LogP contribution in [0.3, 0.4) is 0 Å². The van der Waals surface area contributed by atoms with Crippen molar-refractivity contribution in [1.82, 2.24) is 10.2 Å². The molecule has 0 saturated carbocycles. The first kappa shape index (κ1) is 12.1. The first-order valence-corrected chi connectivity index (χ1v) is 7.17. The van der Waals surface area contributed by atoms with Gasteiger partial charge in [-0.2, -0.15) is 11.3 Å². The van der Waals surface area contributed by atoms with Gasteiger partial charge in [-0.15, -0.1) is 0 Å². The van der Waals surface area contributed by atoms with Gasteiger partial charge in [0.2, 0.25) is 0 Å². The highest BCUT2D eigenvalue weighted by atomic mass is 32.1. The van der Waals surface area contributed by atoms with Crippen LogP contribution in [0.1, 0.15) is 37.8 Å². The molecule has 90 valence electrons. The molecule has 0 amide bonds. The minimum absolute atomic E-state index is 0.488. The Bertz CT molecular complexity index is 297. The van der Waals surface area contributed by atoms with E-state index < -0.39 is 0 Å². The lowest BCUT2D eigenvalue weighted by Gasteiger charge is -2.33. The molecule has 1 N–H and O–H groups in total. The summed E-state index contributed by atoms with van der Waals surface area (Å²) in [6.45, 7) is 4.64. The van der Waals surface area contributed by atoms with Crippen molar-refractivity contribution in [3.63, 3.8) is 0 Å². The summed E-state index contributed by atoms with van der Waals surface area (Å²) in [4.78, 5) is 2.50. The van der Waals surface area contributed by atoms with Gasteiger partial charge in [-0.05, 0) is 55.7 Å². The molecule has 1 aromatic heterocycles. The van der Waals surface area contributed by atoms with Gasteiger partial charge in [-0.1, -0.05) is 6.42 Å². The third kappa shape index (κ3) is 3.06. The minimum Gasteiger partial charge on any atom is -0.309 e. The van der Waals surface area contributed by atoms with E-state index in [4.69, 9.17) is 0 Å². The van der Waals surface area contributed by atoms with Crippen molar-refractivity contribution < 1.29 is 0 Å². The minimum atomic E-state index is 0.488. The zero-order valence-corrected chi connectivity index (χ0v) is 11.1. The van der Waals surface area contributed by atoms with Crippen molar-refractivity contribution in [2.75, 3.05) is 20.1 Å². The second-order valence-corrected chi connectivity index (χ2v) is 5.60. The molecular weight excluding hydrogens is 216 g/mol. The first-order chi connectivity index (χ1) is 7.77. The number of likely N-dealkylation sites (N-methyl/N-ethyl adjacent to an activating group) is 1. The third-order valence-electron chi connectivity index (χ3n) is 3.62. The van der Waals surface area contributed by atoms with E-state index in [9.17, 15) is 0 Å². The Labute approximate surface area is 103 Å². The van der Waals surface area contributed by atoms with Crippen molar-refractivity contribution in [3.8, 4) is 0 Å². The smallest absolute Gasteiger partial charge is 0.0300 e. The van der Waals surface area contributed by atoms with Gasteiger partial charge in [0.1, 0.15) is 0 Å².